The van der Waals surface area contributed by atoms with Gasteiger partial charge in [-0.15, -0.1) is 5.92 Å². The fraction of sp³-hybridized carbons (Fsp3) is 0.385. The van der Waals surface area contributed by atoms with Crippen LogP contribution in [0, 0.1) is 11.8 Å². The predicted molar refractivity (Wildman–Crippen MR) is 59.0 cm³/mol. The monoisotopic (exact) mass is 188 g/mol. The van der Waals surface area contributed by atoms with Crippen LogP contribution in [-0.2, 0) is 11.2 Å². The van der Waals surface area contributed by atoms with Crippen molar-refractivity contribution in [2.45, 2.75) is 19.3 Å². The number of aryl methyl sites for hydroxylation is 1. The van der Waals surface area contributed by atoms with Crippen LogP contribution >= 0.6 is 0 Å². The molecule has 0 spiro atoms. The van der Waals surface area contributed by atoms with E-state index in [0.717, 1.165) is 19.3 Å². The van der Waals surface area contributed by atoms with Crippen LogP contribution < -0.4 is 0 Å². The van der Waals surface area contributed by atoms with E-state index < -0.39 is 0 Å². The third-order valence-corrected chi connectivity index (χ3v) is 1.95. The summed E-state index contributed by atoms with van der Waals surface area (Å²) in [6.45, 7) is 0.547. The van der Waals surface area contributed by atoms with Crippen molar-refractivity contribution in [3.63, 3.8) is 0 Å². The first kappa shape index (κ1) is 10.8. The average Bonchev–Trinajstić information content (AvgIpc) is 2.25. The molecule has 1 nitrogen and oxygen atoms in total. The predicted octanol–water partition coefficient (Wildman–Crippen LogP) is 2.66. The fourth-order valence-corrected chi connectivity index (χ4v) is 1.24. The van der Waals surface area contributed by atoms with E-state index in [4.69, 9.17) is 4.74 Å². The second-order valence-corrected chi connectivity index (χ2v) is 3.13. The molecule has 1 rings (SSSR count). The Labute approximate surface area is 86.1 Å². The standard InChI is InChI=1S/C13H16O/c1-14-12-8-3-2-5-9-13-10-6-4-7-11-13/h4,6-7,10-11H,2,5,9,12H2,1H3. The van der Waals surface area contributed by atoms with E-state index in [2.05, 4.69) is 36.1 Å². The van der Waals surface area contributed by atoms with Gasteiger partial charge in [0.15, 0.2) is 0 Å². The highest BCUT2D eigenvalue weighted by Crippen LogP contribution is 2.03. The van der Waals surface area contributed by atoms with Crippen molar-refractivity contribution in [3.05, 3.63) is 35.9 Å². The molecular formula is C13H16O. The second kappa shape index (κ2) is 7.17. The van der Waals surface area contributed by atoms with Crippen molar-refractivity contribution in [1.29, 1.82) is 0 Å². The third kappa shape index (κ3) is 4.69. The van der Waals surface area contributed by atoms with E-state index in [-0.39, 0.29) is 0 Å². The van der Waals surface area contributed by atoms with Crippen LogP contribution in [0.4, 0.5) is 0 Å². The minimum absolute atomic E-state index is 0.547. The molecule has 0 saturated carbocycles. The van der Waals surface area contributed by atoms with Gasteiger partial charge < -0.3 is 4.74 Å². The Morgan fingerprint density at radius 3 is 2.64 bits per heavy atom. The number of hydrogen-bond acceptors (Lipinski definition) is 1. The molecule has 0 aromatic heterocycles. The van der Waals surface area contributed by atoms with Crippen molar-refractivity contribution in [2.75, 3.05) is 13.7 Å². The summed E-state index contributed by atoms with van der Waals surface area (Å²) in [4.78, 5) is 0. The SMILES string of the molecule is COCC#CCCCc1ccccc1. The molecule has 0 bridgehead atoms. The van der Waals surface area contributed by atoms with E-state index in [0.29, 0.717) is 6.61 Å². The topological polar surface area (TPSA) is 9.23 Å². The Kier molecular flexibility index (Phi) is 5.54. The number of methoxy groups -OCH3 is 1. The van der Waals surface area contributed by atoms with Gasteiger partial charge in [0.05, 0.1) is 0 Å². The van der Waals surface area contributed by atoms with Crippen molar-refractivity contribution < 1.29 is 4.74 Å². The molecule has 0 aliphatic carbocycles. The number of benzene rings is 1. The van der Waals surface area contributed by atoms with Crippen LogP contribution in [0.5, 0.6) is 0 Å². The molecule has 0 amide bonds. The Morgan fingerprint density at radius 2 is 1.93 bits per heavy atom. The molecule has 1 heteroatoms. The maximum Gasteiger partial charge on any atom is 0.107 e. The zero-order valence-electron chi connectivity index (χ0n) is 8.62. The third-order valence-electron chi connectivity index (χ3n) is 1.95. The Morgan fingerprint density at radius 1 is 1.14 bits per heavy atom. The van der Waals surface area contributed by atoms with Crippen LogP contribution in [0.3, 0.4) is 0 Å². The van der Waals surface area contributed by atoms with Gasteiger partial charge in [0, 0.05) is 13.5 Å². The van der Waals surface area contributed by atoms with Crippen LogP contribution in [0.1, 0.15) is 18.4 Å². The normalized spacial score (nSPS) is 9.21. The molecule has 0 aliphatic rings. The van der Waals surface area contributed by atoms with Crippen molar-refractivity contribution in [3.8, 4) is 11.8 Å². The quantitative estimate of drug-likeness (QED) is 0.521. The summed E-state index contributed by atoms with van der Waals surface area (Å²) >= 11 is 0. The lowest BCUT2D eigenvalue weighted by Gasteiger charge is -1.96. The lowest BCUT2D eigenvalue weighted by atomic mass is 10.1. The first-order valence-corrected chi connectivity index (χ1v) is 4.92. The first-order chi connectivity index (χ1) is 6.93. The molecule has 0 atom stereocenters. The van der Waals surface area contributed by atoms with Gasteiger partial charge in [-0.05, 0) is 18.4 Å². The van der Waals surface area contributed by atoms with E-state index >= 15 is 0 Å². The molecule has 0 fully saturated rings. The highest BCUT2D eigenvalue weighted by molar-refractivity contribution is 5.14. The van der Waals surface area contributed by atoms with E-state index in [1.807, 2.05) is 6.07 Å². The lowest BCUT2D eigenvalue weighted by Crippen LogP contribution is -1.84. The summed E-state index contributed by atoms with van der Waals surface area (Å²) in [7, 11) is 1.67. The van der Waals surface area contributed by atoms with Crippen LogP contribution in [0.15, 0.2) is 30.3 Å². The first-order valence-electron chi connectivity index (χ1n) is 4.92. The van der Waals surface area contributed by atoms with E-state index in [1.54, 1.807) is 7.11 Å². The molecule has 0 unspecified atom stereocenters. The molecule has 14 heavy (non-hydrogen) atoms. The molecule has 74 valence electrons. The van der Waals surface area contributed by atoms with Crippen LogP contribution in [-0.4, -0.2) is 13.7 Å². The van der Waals surface area contributed by atoms with Gasteiger partial charge >= 0.3 is 0 Å². The summed E-state index contributed by atoms with van der Waals surface area (Å²) in [5.74, 6) is 6.03. The van der Waals surface area contributed by atoms with Gasteiger partial charge in [-0.2, -0.15) is 0 Å². The minimum atomic E-state index is 0.547. The summed E-state index contributed by atoms with van der Waals surface area (Å²) in [5, 5.41) is 0. The summed E-state index contributed by atoms with van der Waals surface area (Å²) < 4.78 is 4.83. The van der Waals surface area contributed by atoms with Crippen molar-refractivity contribution in [1.82, 2.24) is 0 Å². The zero-order chi connectivity index (χ0) is 10.1. The molecule has 1 aromatic rings. The van der Waals surface area contributed by atoms with Gasteiger partial charge in [0.2, 0.25) is 0 Å². The average molecular weight is 188 g/mol. The second-order valence-electron chi connectivity index (χ2n) is 3.13. The van der Waals surface area contributed by atoms with Gasteiger partial charge in [0.1, 0.15) is 6.61 Å². The summed E-state index contributed by atoms with van der Waals surface area (Å²) in [6.07, 6.45) is 3.20. The smallest absolute Gasteiger partial charge is 0.107 e. The fourth-order valence-electron chi connectivity index (χ4n) is 1.24. The van der Waals surface area contributed by atoms with E-state index in [1.165, 1.54) is 5.56 Å². The summed E-state index contributed by atoms with van der Waals surface area (Å²) in [6, 6.07) is 10.5. The minimum Gasteiger partial charge on any atom is -0.372 e. The van der Waals surface area contributed by atoms with Gasteiger partial charge in [-0.3, -0.25) is 0 Å². The van der Waals surface area contributed by atoms with E-state index in [9.17, 15) is 0 Å². The number of hydrogen-bond donors (Lipinski definition) is 0. The summed E-state index contributed by atoms with van der Waals surface area (Å²) in [5.41, 5.74) is 1.39. The molecule has 0 saturated heterocycles. The Hall–Kier alpha value is -1.26. The molecule has 0 radical (unpaired) electrons. The van der Waals surface area contributed by atoms with Crippen LogP contribution in [0.2, 0.25) is 0 Å². The largest absolute Gasteiger partial charge is 0.372 e. The molecular weight excluding hydrogens is 172 g/mol. The van der Waals surface area contributed by atoms with Gasteiger partial charge in [0.25, 0.3) is 0 Å². The highest BCUT2D eigenvalue weighted by atomic mass is 16.5. The maximum absolute atomic E-state index is 4.83. The molecule has 0 N–H and O–H groups in total. The zero-order valence-corrected chi connectivity index (χ0v) is 8.62. The maximum atomic E-state index is 4.83. The number of unbranched alkanes of at least 4 members (excludes halogenated alkanes) is 1. The molecule has 0 aliphatic heterocycles. The van der Waals surface area contributed by atoms with Crippen molar-refractivity contribution >= 4 is 0 Å². The molecule has 1 aromatic carbocycles. The van der Waals surface area contributed by atoms with Crippen molar-refractivity contribution in [2.24, 2.45) is 0 Å². The van der Waals surface area contributed by atoms with Crippen LogP contribution in [0.25, 0.3) is 0 Å². The number of ether oxygens (including phenoxy) is 1. The highest BCUT2D eigenvalue weighted by Gasteiger charge is 1.89. The molecule has 0 heterocycles. The number of rotatable bonds is 4. The Bertz CT molecular complexity index is 292. The van der Waals surface area contributed by atoms with Gasteiger partial charge in [-0.1, -0.05) is 36.3 Å². The lowest BCUT2D eigenvalue weighted by molar-refractivity contribution is 0.239. The van der Waals surface area contributed by atoms with Gasteiger partial charge in [-0.25, -0.2) is 0 Å². The Balaban J connectivity index is 2.14.